The first-order valence-electron chi connectivity index (χ1n) is 3.75. The SMILES string of the molecule is CC.S=c1nc[nH]c2nc[nH]c12. The molecule has 0 aliphatic carbocycles. The number of H-pyrrole nitrogens is 2. The maximum Gasteiger partial charge on any atom is 0.159 e. The number of nitrogens with one attached hydrogen (secondary N) is 2. The number of rotatable bonds is 0. The van der Waals surface area contributed by atoms with Crippen LogP contribution >= 0.6 is 12.2 Å². The molecule has 2 aromatic heterocycles. The van der Waals surface area contributed by atoms with Gasteiger partial charge in [-0.05, 0) is 0 Å². The molecule has 5 heteroatoms. The molecule has 0 aliphatic heterocycles. The van der Waals surface area contributed by atoms with Gasteiger partial charge < -0.3 is 9.97 Å². The topological polar surface area (TPSA) is 57.4 Å². The van der Waals surface area contributed by atoms with E-state index in [-0.39, 0.29) is 0 Å². The number of fused-ring (bicyclic) bond motifs is 1. The molecule has 64 valence electrons. The number of imidazole rings is 1. The van der Waals surface area contributed by atoms with Gasteiger partial charge in [0.2, 0.25) is 0 Å². The third kappa shape index (κ3) is 1.50. The normalized spacial score (nSPS) is 9.17. The molecule has 0 spiro atoms. The highest BCUT2D eigenvalue weighted by Gasteiger charge is 1.94. The average molecular weight is 182 g/mol. The second-order valence-corrected chi connectivity index (χ2v) is 2.22. The van der Waals surface area contributed by atoms with Gasteiger partial charge in [0.15, 0.2) is 10.3 Å². The zero-order valence-corrected chi connectivity index (χ0v) is 7.77. The summed E-state index contributed by atoms with van der Waals surface area (Å²) in [6.07, 6.45) is 3.12. The van der Waals surface area contributed by atoms with Crippen molar-refractivity contribution in [1.29, 1.82) is 0 Å². The van der Waals surface area contributed by atoms with Gasteiger partial charge in [0.25, 0.3) is 0 Å². The van der Waals surface area contributed by atoms with Gasteiger partial charge in [-0.1, -0.05) is 26.1 Å². The first-order valence-corrected chi connectivity index (χ1v) is 4.15. The molecular weight excluding hydrogens is 172 g/mol. The van der Waals surface area contributed by atoms with Crippen LogP contribution in [0, 0.1) is 4.64 Å². The van der Waals surface area contributed by atoms with Crippen molar-refractivity contribution in [2.24, 2.45) is 0 Å². The molecule has 0 saturated heterocycles. The largest absolute Gasteiger partial charge is 0.341 e. The molecule has 4 nitrogen and oxygen atoms in total. The molecule has 0 aromatic carbocycles. The number of hydrogen-bond acceptors (Lipinski definition) is 3. The summed E-state index contributed by atoms with van der Waals surface area (Å²) in [6.45, 7) is 4.00. The van der Waals surface area contributed by atoms with Crippen molar-refractivity contribution in [1.82, 2.24) is 19.9 Å². The number of aromatic amines is 2. The van der Waals surface area contributed by atoms with Crippen molar-refractivity contribution in [3.63, 3.8) is 0 Å². The van der Waals surface area contributed by atoms with E-state index in [2.05, 4.69) is 19.9 Å². The zero-order chi connectivity index (χ0) is 8.97. The lowest BCUT2D eigenvalue weighted by Gasteiger charge is -1.84. The predicted molar refractivity (Wildman–Crippen MR) is 50.4 cm³/mol. The Hall–Kier alpha value is -1.23. The van der Waals surface area contributed by atoms with Crippen LogP contribution in [-0.2, 0) is 0 Å². The number of nitrogens with zero attached hydrogens (tertiary/aromatic N) is 2. The van der Waals surface area contributed by atoms with Gasteiger partial charge in [0.05, 0.1) is 12.7 Å². The van der Waals surface area contributed by atoms with Crippen LogP contribution in [0.5, 0.6) is 0 Å². The fraction of sp³-hybridized carbons (Fsp3) is 0.286. The Bertz CT molecular complexity index is 403. The van der Waals surface area contributed by atoms with E-state index in [1.165, 1.54) is 6.33 Å². The third-order valence-corrected chi connectivity index (χ3v) is 1.55. The van der Waals surface area contributed by atoms with Gasteiger partial charge in [-0.15, -0.1) is 0 Å². The fourth-order valence-corrected chi connectivity index (χ4v) is 0.992. The summed E-state index contributed by atoms with van der Waals surface area (Å²) >= 11 is 4.91. The Morgan fingerprint density at radius 2 is 1.83 bits per heavy atom. The summed E-state index contributed by atoms with van der Waals surface area (Å²) < 4.78 is 0.547. The first kappa shape index (κ1) is 8.86. The summed E-state index contributed by atoms with van der Waals surface area (Å²) in [5.41, 5.74) is 1.54. The van der Waals surface area contributed by atoms with E-state index >= 15 is 0 Å². The molecule has 0 saturated carbocycles. The van der Waals surface area contributed by atoms with Crippen LogP contribution in [0.15, 0.2) is 12.7 Å². The molecule has 2 rings (SSSR count). The van der Waals surface area contributed by atoms with E-state index in [0.717, 1.165) is 11.2 Å². The molecule has 0 unspecified atom stereocenters. The summed E-state index contributed by atoms with van der Waals surface area (Å²) in [7, 11) is 0. The van der Waals surface area contributed by atoms with E-state index in [1.807, 2.05) is 13.8 Å². The average Bonchev–Trinajstić information content (AvgIpc) is 2.57. The minimum atomic E-state index is 0.547. The second-order valence-electron chi connectivity index (χ2n) is 1.83. The monoisotopic (exact) mass is 182 g/mol. The molecule has 0 radical (unpaired) electrons. The quantitative estimate of drug-likeness (QED) is 0.613. The lowest BCUT2D eigenvalue weighted by atomic mass is 10.6. The van der Waals surface area contributed by atoms with Crippen LogP contribution in [0.1, 0.15) is 13.8 Å². The highest BCUT2D eigenvalue weighted by Crippen LogP contribution is 2.02. The molecule has 2 N–H and O–H groups in total. The minimum Gasteiger partial charge on any atom is -0.341 e. The molecule has 0 fully saturated rings. The third-order valence-electron chi connectivity index (χ3n) is 1.24. The highest BCUT2D eigenvalue weighted by atomic mass is 32.1. The van der Waals surface area contributed by atoms with E-state index in [0.29, 0.717) is 4.64 Å². The van der Waals surface area contributed by atoms with Crippen LogP contribution in [0.25, 0.3) is 11.2 Å². The first-order chi connectivity index (χ1) is 5.88. The van der Waals surface area contributed by atoms with E-state index in [1.54, 1.807) is 6.33 Å². The maximum absolute atomic E-state index is 4.91. The van der Waals surface area contributed by atoms with Crippen molar-refractivity contribution in [2.75, 3.05) is 0 Å². The van der Waals surface area contributed by atoms with E-state index in [9.17, 15) is 0 Å². The molecular formula is C7H10N4S. The van der Waals surface area contributed by atoms with Crippen molar-refractivity contribution >= 4 is 23.4 Å². The summed E-state index contributed by atoms with van der Waals surface area (Å²) in [5.74, 6) is 0. The van der Waals surface area contributed by atoms with Gasteiger partial charge in [-0.3, -0.25) is 0 Å². The van der Waals surface area contributed by atoms with Gasteiger partial charge >= 0.3 is 0 Å². The number of aromatic nitrogens is 4. The molecule has 0 atom stereocenters. The maximum atomic E-state index is 4.91. The van der Waals surface area contributed by atoms with Crippen LogP contribution in [0.3, 0.4) is 0 Å². The zero-order valence-electron chi connectivity index (χ0n) is 6.96. The Balaban J connectivity index is 0.000000336. The van der Waals surface area contributed by atoms with E-state index < -0.39 is 0 Å². The van der Waals surface area contributed by atoms with Gasteiger partial charge in [-0.2, -0.15) is 0 Å². The Morgan fingerprint density at radius 3 is 2.50 bits per heavy atom. The summed E-state index contributed by atoms with van der Waals surface area (Å²) in [6, 6.07) is 0. The number of hydrogen-bond donors (Lipinski definition) is 2. The lowest BCUT2D eigenvalue weighted by molar-refractivity contribution is 1.18. The molecule has 2 heterocycles. The van der Waals surface area contributed by atoms with Crippen LogP contribution in [-0.4, -0.2) is 19.9 Å². The fourth-order valence-electron chi connectivity index (χ4n) is 0.783. The molecule has 0 bridgehead atoms. The van der Waals surface area contributed by atoms with Crippen molar-refractivity contribution in [3.05, 3.63) is 17.3 Å². The Labute approximate surface area is 75.1 Å². The minimum absolute atomic E-state index is 0.547. The standard InChI is InChI=1S/C5H4N4S.C2H6/c10-5-3-4(7-1-6-3)8-2-9-5;1-2/h1-2H,(H2,6,7,8,9,10);1-2H3. The molecule has 0 aliphatic rings. The molecule has 0 amide bonds. The Morgan fingerprint density at radius 1 is 1.17 bits per heavy atom. The van der Waals surface area contributed by atoms with Gasteiger partial charge in [0, 0.05) is 0 Å². The smallest absolute Gasteiger partial charge is 0.159 e. The van der Waals surface area contributed by atoms with Gasteiger partial charge in [0.1, 0.15) is 5.52 Å². The summed E-state index contributed by atoms with van der Waals surface area (Å²) in [4.78, 5) is 13.6. The van der Waals surface area contributed by atoms with Crippen LogP contribution in [0.4, 0.5) is 0 Å². The van der Waals surface area contributed by atoms with Gasteiger partial charge in [-0.25, -0.2) is 9.97 Å². The highest BCUT2D eigenvalue weighted by molar-refractivity contribution is 7.71. The van der Waals surface area contributed by atoms with Crippen molar-refractivity contribution < 1.29 is 0 Å². The summed E-state index contributed by atoms with van der Waals surface area (Å²) in [5, 5.41) is 0. The van der Waals surface area contributed by atoms with Crippen molar-refractivity contribution in [2.45, 2.75) is 13.8 Å². The van der Waals surface area contributed by atoms with Crippen LogP contribution < -0.4 is 0 Å². The Kier molecular flexibility index (Phi) is 2.93. The van der Waals surface area contributed by atoms with Crippen LogP contribution in [0.2, 0.25) is 0 Å². The van der Waals surface area contributed by atoms with Crippen molar-refractivity contribution in [3.8, 4) is 0 Å². The molecule has 12 heavy (non-hydrogen) atoms. The lowest BCUT2D eigenvalue weighted by Crippen LogP contribution is -1.80. The second kappa shape index (κ2) is 3.96. The predicted octanol–water partition coefficient (Wildman–Crippen LogP) is 2.04. The molecule has 2 aromatic rings. The van der Waals surface area contributed by atoms with E-state index in [4.69, 9.17) is 12.2 Å².